The van der Waals surface area contributed by atoms with Gasteiger partial charge in [0.1, 0.15) is 5.60 Å². The normalized spacial score (nSPS) is 18.7. The first kappa shape index (κ1) is 26.8. The van der Waals surface area contributed by atoms with Crippen LogP contribution in [-0.4, -0.2) is 34.0 Å². The van der Waals surface area contributed by atoms with Crippen LogP contribution in [0, 0.1) is 0 Å². The van der Waals surface area contributed by atoms with E-state index in [0.717, 1.165) is 25.8 Å². The molecule has 1 heterocycles. The number of rotatable bonds is 14. The Balaban J connectivity index is 2.13. The third kappa shape index (κ3) is 12.9. The molecular formula is C25H48BrNO2. The van der Waals surface area contributed by atoms with E-state index in [4.69, 9.17) is 4.74 Å². The van der Waals surface area contributed by atoms with Gasteiger partial charge >= 0.3 is 6.09 Å². The van der Waals surface area contributed by atoms with Crippen molar-refractivity contribution in [3.05, 3.63) is 0 Å². The van der Waals surface area contributed by atoms with Gasteiger partial charge in [-0.25, -0.2) is 4.79 Å². The second-order valence-electron chi connectivity index (χ2n) is 9.93. The highest BCUT2D eigenvalue weighted by Gasteiger charge is 2.34. The number of piperidine rings is 1. The van der Waals surface area contributed by atoms with Crippen LogP contribution >= 0.6 is 15.9 Å². The fourth-order valence-electron chi connectivity index (χ4n) is 4.25. The first-order valence-electron chi connectivity index (χ1n) is 12.5. The van der Waals surface area contributed by atoms with Gasteiger partial charge in [0.15, 0.2) is 0 Å². The van der Waals surface area contributed by atoms with Gasteiger partial charge in [0.2, 0.25) is 0 Å². The molecule has 0 aromatic carbocycles. The molecule has 1 aliphatic rings. The zero-order chi connectivity index (χ0) is 21.5. The summed E-state index contributed by atoms with van der Waals surface area (Å²) in [6.45, 7) is 8.95. The minimum atomic E-state index is -0.420. The third-order valence-electron chi connectivity index (χ3n) is 5.93. The van der Waals surface area contributed by atoms with Gasteiger partial charge in [0.25, 0.3) is 0 Å². The van der Waals surface area contributed by atoms with Gasteiger partial charge < -0.3 is 9.64 Å². The van der Waals surface area contributed by atoms with Gasteiger partial charge in [0.05, 0.1) is 0 Å². The quantitative estimate of drug-likeness (QED) is 0.186. The summed E-state index contributed by atoms with van der Waals surface area (Å²) in [7, 11) is 0. The molecule has 0 bridgehead atoms. The van der Waals surface area contributed by atoms with Crippen LogP contribution in [0.15, 0.2) is 0 Å². The van der Waals surface area contributed by atoms with Gasteiger partial charge in [-0.05, 0) is 46.5 Å². The van der Waals surface area contributed by atoms with E-state index in [1.165, 1.54) is 83.5 Å². The van der Waals surface area contributed by atoms with Crippen LogP contribution in [0.3, 0.4) is 0 Å². The predicted molar refractivity (Wildman–Crippen MR) is 129 cm³/mol. The molecule has 1 fully saturated rings. The second-order valence-corrected chi connectivity index (χ2v) is 11.1. The summed E-state index contributed by atoms with van der Waals surface area (Å²) in [4.78, 5) is 15.0. The molecule has 0 radical (unpaired) electrons. The first-order valence-corrected chi connectivity index (χ1v) is 13.4. The molecule has 2 atom stereocenters. The average molecular weight is 475 g/mol. The number of amides is 1. The number of carbonyl (C=O) groups excluding carboxylic acids is 1. The molecular weight excluding hydrogens is 426 g/mol. The highest BCUT2D eigenvalue weighted by atomic mass is 79.9. The van der Waals surface area contributed by atoms with Gasteiger partial charge in [-0.2, -0.15) is 0 Å². The van der Waals surface area contributed by atoms with Crippen LogP contribution in [0.25, 0.3) is 0 Å². The van der Waals surface area contributed by atoms with Crippen LogP contribution in [0.5, 0.6) is 0 Å². The number of hydrogen-bond donors (Lipinski definition) is 0. The first-order chi connectivity index (χ1) is 13.8. The monoisotopic (exact) mass is 473 g/mol. The number of nitrogens with zero attached hydrogens (tertiary/aromatic N) is 1. The molecule has 0 saturated carbocycles. The van der Waals surface area contributed by atoms with E-state index < -0.39 is 5.60 Å². The molecule has 0 aromatic heterocycles. The molecule has 1 aliphatic heterocycles. The van der Waals surface area contributed by atoms with Crippen LogP contribution < -0.4 is 0 Å². The SMILES string of the molecule is CCCCCCCCCCCCCCC(Br)C1CCCCN1C(=O)OC(C)(C)C. The van der Waals surface area contributed by atoms with Crippen molar-refractivity contribution in [2.75, 3.05) is 6.54 Å². The molecule has 29 heavy (non-hydrogen) atoms. The second kappa shape index (κ2) is 15.5. The van der Waals surface area contributed by atoms with E-state index in [0.29, 0.717) is 4.83 Å². The summed E-state index contributed by atoms with van der Waals surface area (Å²) in [6.07, 6.45) is 21.0. The lowest BCUT2D eigenvalue weighted by atomic mass is 9.96. The maximum absolute atomic E-state index is 12.6. The van der Waals surface area contributed by atoms with Crippen molar-refractivity contribution in [2.45, 2.75) is 147 Å². The zero-order valence-electron chi connectivity index (χ0n) is 19.8. The average Bonchev–Trinajstić information content (AvgIpc) is 2.67. The Labute approximate surface area is 189 Å². The minimum absolute atomic E-state index is 0.138. The predicted octanol–water partition coefficient (Wildman–Crippen LogP) is 8.63. The molecule has 0 N–H and O–H groups in total. The molecule has 1 rings (SSSR count). The topological polar surface area (TPSA) is 29.5 Å². The fraction of sp³-hybridized carbons (Fsp3) is 0.960. The Hall–Kier alpha value is -0.250. The lowest BCUT2D eigenvalue weighted by Crippen LogP contribution is -2.49. The van der Waals surface area contributed by atoms with Crippen molar-refractivity contribution < 1.29 is 9.53 Å². The standard InChI is InChI=1S/C25H48BrNO2/c1-5-6-7-8-9-10-11-12-13-14-15-16-19-22(26)23-20-17-18-21-27(23)24(28)29-25(2,3)4/h22-23H,5-21H2,1-4H3. The number of ether oxygens (including phenoxy) is 1. The lowest BCUT2D eigenvalue weighted by Gasteiger charge is -2.39. The summed E-state index contributed by atoms with van der Waals surface area (Å²) in [5, 5.41) is 0. The van der Waals surface area contributed by atoms with Gasteiger partial charge in [-0.15, -0.1) is 0 Å². The Kier molecular flexibility index (Phi) is 14.3. The van der Waals surface area contributed by atoms with Crippen molar-refractivity contribution in [3.8, 4) is 0 Å². The Morgan fingerprint density at radius 3 is 1.97 bits per heavy atom. The molecule has 0 aliphatic carbocycles. The summed E-state index contributed by atoms with van der Waals surface area (Å²) >= 11 is 3.91. The molecule has 172 valence electrons. The summed E-state index contributed by atoms with van der Waals surface area (Å²) < 4.78 is 5.64. The molecule has 2 unspecified atom stereocenters. The molecule has 3 nitrogen and oxygen atoms in total. The number of likely N-dealkylation sites (tertiary alicyclic amines) is 1. The van der Waals surface area contributed by atoms with Crippen molar-refractivity contribution in [1.29, 1.82) is 0 Å². The van der Waals surface area contributed by atoms with Crippen LogP contribution in [-0.2, 0) is 4.74 Å². The van der Waals surface area contributed by atoms with Gasteiger partial charge in [-0.1, -0.05) is 99.9 Å². The number of alkyl halides is 1. The summed E-state index contributed by atoms with van der Waals surface area (Å²) in [5.41, 5.74) is -0.420. The third-order valence-corrected chi connectivity index (χ3v) is 7.00. The summed E-state index contributed by atoms with van der Waals surface area (Å²) in [6, 6.07) is 0.284. The van der Waals surface area contributed by atoms with Crippen LogP contribution in [0.2, 0.25) is 0 Å². The van der Waals surface area contributed by atoms with Crippen molar-refractivity contribution in [1.82, 2.24) is 4.90 Å². The molecule has 0 spiro atoms. The zero-order valence-corrected chi connectivity index (χ0v) is 21.4. The van der Waals surface area contributed by atoms with E-state index in [-0.39, 0.29) is 12.1 Å². The Bertz CT molecular complexity index is 422. The van der Waals surface area contributed by atoms with E-state index in [2.05, 4.69) is 22.9 Å². The van der Waals surface area contributed by atoms with Crippen molar-refractivity contribution in [3.63, 3.8) is 0 Å². The molecule has 0 aromatic rings. The largest absolute Gasteiger partial charge is 0.444 e. The Morgan fingerprint density at radius 2 is 1.45 bits per heavy atom. The Morgan fingerprint density at radius 1 is 0.931 bits per heavy atom. The number of halogens is 1. The van der Waals surface area contributed by atoms with Crippen molar-refractivity contribution >= 4 is 22.0 Å². The van der Waals surface area contributed by atoms with Crippen molar-refractivity contribution in [2.24, 2.45) is 0 Å². The van der Waals surface area contributed by atoms with E-state index in [1.54, 1.807) is 0 Å². The van der Waals surface area contributed by atoms with Gasteiger partial charge in [-0.3, -0.25) is 0 Å². The maximum atomic E-state index is 12.6. The van der Waals surface area contributed by atoms with Gasteiger partial charge in [0, 0.05) is 17.4 Å². The van der Waals surface area contributed by atoms with E-state index >= 15 is 0 Å². The fourth-order valence-corrected chi connectivity index (χ4v) is 5.13. The number of hydrogen-bond acceptors (Lipinski definition) is 2. The molecule has 1 saturated heterocycles. The number of unbranched alkanes of at least 4 members (excludes halogenated alkanes) is 11. The highest BCUT2D eigenvalue weighted by molar-refractivity contribution is 9.09. The van der Waals surface area contributed by atoms with E-state index in [9.17, 15) is 4.79 Å². The maximum Gasteiger partial charge on any atom is 0.410 e. The molecule has 1 amide bonds. The highest BCUT2D eigenvalue weighted by Crippen LogP contribution is 2.29. The lowest BCUT2D eigenvalue weighted by molar-refractivity contribution is 0.00955. The van der Waals surface area contributed by atoms with E-state index in [1.807, 2.05) is 25.7 Å². The van der Waals surface area contributed by atoms with Crippen LogP contribution in [0.4, 0.5) is 4.79 Å². The minimum Gasteiger partial charge on any atom is -0.444 e. The summed E-state index contributed by atoms with van der Waals surface area (Å²) in [5.74, 6) is 0. The smallest absolute Gasteiger partial charge is 0.410 e. The molecule has 4 heteroatoms. The number of carbonyl (C=O) groups is 1. The van der Waals surface area contributed by atoms with Crippen LogP contribution in [0.1, 0.15) is 130 Å².